The van der Waals surface area contributed by atoms with Crippen molar-refractivity contribution in [3.8, 4) is 0 Å². The molecule has 0 heterocycles. The molecule has 0 aromatic carbocycles. The molecule has 0 spiro atoms. The summed E-state index contributed by atoms with van der Waals surface area (Å²) in [5.74, 6) is -0.620. The Balaban J connectivity index is 1.87. The molecule has 2 rings (SSSR count). The van der Waals surface area contributed by atoms with Crippen LogP contribution >= 0.6 is 0 Å². The predicted octanol–water partition coefficient (Wildman–Crippen LogP) is 2.57. The van der Waals surface area contributed by atoms with Gasteiger partial charge in [-0.3, -0.25) is 9.59 Å². The predicted molar refractivity (Wildman–Crippen MR) is 72.7 cm³/mol. The standard InChI is InChI=1S/C15H25NO3/c1-14(2,11-6-4-3-5-7-11)10-16-12(17)15(8-9-15)13(18)19/h11H,3-10H2,1-2H3,(H,16,17)(H,18,19). The summed E-state index contributed by atoms with van der Waals surface area (Å²) in [5, 5.41) is 12.0. The lowest BCUT2D eigenvalue weighted by atomic mass is 9.71. The number of carbonyl (C=O) groups is 2. The molecule has 0 aliphatic heterocycles. The molecule has 2 N–H and O–H groups in total. The molecule has 4 nitrogen and oxygen atoms in total. The lowest BCUT2D eigenvalue weighted by molar-refractivity contribution is -0.149. The average molecular weight is 267 g/mol. The largest absolute Gasteiger partial charge is 0.480 e. The number of aliphatic carboxylic acids is 1. The van der Waals surface area contributed by atoms with E-state index in [1.54, 1.807) is 0 Å². The Morgan fingerprint density at radius 1 is 1.21 bits per heavy atom. The summed E-state index contributed by atoms with van der Waals surface area (Å²) in [4.78, 5) is 23.1. The Bertz CT molecular complexity index is 366. The number of carboxylic acids is 1. The molecule has 2 saturated carbocycles. The summed E-state index contributed by atoms with van der Waals surface area (Å²) in [5.41, 5.74) is -1.05. The van der Waals surface area contributed by atoms with Gasteiger partial charge in [0.25, 0.3) is 0 Å². The minimum absolute atomic E-state index is 0.0602. The minimum atomic E-state index is -1.11. The van der Waals surface area contributed by atoms with Gasteiger partial charge in [0.05, 0.1) is 0 Å². The highest BCUT2D eigenvalue weighted by Crippen LogP contribution is 2.46. The molecule has 108 valence electrons. The zero-order valence-corrected chi connectivity index (χ0v) is 12.0. The Morgan fingerprint density at radius 3 is 2.26 bits per heavy atom. The topological polar surface area (TPSA) is 66.4 Å². The van der Waals surface area contributed by atoms with Crippen molar-refractivity contribution in [1.29, 1.82) is 0 Å². The lowest BCUT2D eigenvalue weighted by Crippen LogP contribution is -2.44. The van der Waals surface area contributed by atoms with Gasteiger partial charge in [-0.1, -0.05) is 33.1 Å². The third-order valence-corrected chi connectivity index (χ3v) is 5.01. The molecule has 1 amide bonds. The van der Waals surface area contributed by atoms with E-state index >= 15 is 0 Å². The van der Waals surface area contributed by atoms with Crippen LogP contribution in [-0.4, -0.2) is 23.5 Å². The van der Waals surface area contributed by atoms with Gasteiger partial charge >= 0.3 is 5.97 Å². The number of hydrogen-bond donors (Lipinski definition) is 2. The van der Waals surface area contributed by atoms with Gasteiger partial charge in [0.1, 0.15) is 5.41 Å². The highest BCUT2D eigenvalue weighted by molar-refractivity contribution is 6.04. The van der Waals surface area contributed by atoms with E-state index in [1.807, 2.05) is 0 Å². The molecule has 2 fully saturated rings. The minimum Gasteiger partial charge on any atom is -0.480 e. The first-order chi connectivity index (χ1) is 8.88. The van der Waals surface area contributed by atoms with Crippen molar-refractivity contribution in [2.45, 2.75) is 58.8 Å². The van der Waals surface area contributed by atoms with Crippen molar-refractivity contribution in [1.82, 2.24) is 5.32 Å². The smallest absolute Gasteiger partial charge is 0.319 e. The number of carbonyl (C=O) groups excluding carboxylic acids is 1. The molecule has 0 aromatic heterocycles. The monoisotopic (exact) mass is 267 g/mol. The van der Waals surface area contributed by atoms with Crippen LogP contribution < -0.4 is 5.32 Å². The maximum Gasteiger partial charge on any atom is 0.319 e. The molecule has 0 saturated heterocycles. The van der Waals surface area contributed by atoms with Crippen molar-refractivity contribution in [2.75, 3.05) is 6.54 Å². The summed E-state index contributed by atoms with van der Waals surface area (Å²) in [7, 11) is 0. The van der Waals surface area contributed by atoms with E-state index in [2.05, 4.69) is 19.2 Å². The van der Waals surface area contributed by atoms with Gasteiger partial charge in [-0.2, -0.15) is 0 Å². The zero-order chi connectivity index (χ0) is 14.1. The molecule has 0 bridgehead atoms. The van der Waals surface area contributed by atoms with Gasteiger partial charge in [0.15, 0.2) is 0 Å². The molecule has 2 aliphatic rings. The molecule has 0 atom stereocenters. The first kappa shape index (κ1) is 14.4. The molecular formula is C15H25NO3. The fourth-order valence-electron chi connectivity index (χ4n) is 3.17. The van der Waals surface area contributed by atoms with Crippen LogP contribution in [0.3, 0.4) is 0 Å². The van der Waals surface area contributed by atoms with Crippen LogP contribution in [0.5, 0.6) is 0 Å². The van der Waals surface area contributed by atoms with Crippen LogP contribution in [0.4, 0.5) is 0 Å². The van der Waals surface area contributed by atoms with E-state index in [4.69, 9.17) is 5.11 Å². The first-order valence-corrected chi connectivity index (χ1v) is 7.40. The van der Waals surface area contributed by atoms with Gasteiger partial charge in [-0.25, -0.2) is 0 Å². The number of hydrogen-bond acceptors (Lipinski definition) is 2. The van der Waals surface area contributed by atoms with Crippen LogP contribution in [0, 0.1) is 16.7 Å². The van der Waals surface area contributed by atoms with E-state index in [9.17, 15) is 9.59 Å². The normalized spacial score (nSPS) is 22.8. The Labute approximate surface area is 115 Å². The van der Waals surface area contributed by atoms with Crippen molar-refractivity contribution in [3.63, 3.8) is 0 Å². The number of rotatable bonds is 5. The SMILES string of the molecule is CC(C)(CNC(=O)C1(C(=O)O)CC1)C1CCCCC1. The van der Waals surface area contributed by atoms with Crippen LogP contribution in [0.1, 0.15) is 58.8 Å². The summed E-state index contributed by atoms with van der Waals surface area (Å²) in [6.45, 7) is 4.96. The summed E-state index contributed by atoms with van der Waals surface area (Å²) in [6, 6.07) is 0. The fraction of sp³-hybridized carbons (Fsp3) is 0.867. The molecule has 0 aromatic rings. The van der Waals surface area contributed by atoms with E-state index in [0.29, 0.717) is 25.3 Å². The summed E-state index contributed by atoms with van der Waals surface area (Å²) in [6.07, 6.45) is 7.30. The van der Waals surface area contributed by atoms with Gasteiger partial charge in [-0.15, -0.1) is 0 Å². The van der Waals surface area contributed by atoms with Crippen molar-refractivity contribution < 1.29 is 14.7 Å². The van der Waals surface area contributed by atoms with Gasteiger partial charge < -0.3 is 10.4 Å². The van der Waals surface area contributed by atoms with Crippen molar-refractivity contribution >= 4 is 11.9 Å². The Kier molecular flexibility index (Phi) is 3.88. The zero-order valence-electron chi connectivity index (χ0n) is 12.0. The quantitative estimate of drug-likeness (QED) is 0.752. The maximum atomic E-state index is 12.0. The van der Waals surface area contributed by atoms with Crippen molar-refractivity contribution in [3.05, 3.63) is 0 Å². The summed E-state index contributed by atoms with van der Waals surface area (Å²) < 4.78 is 0. The van der Waals surface area contributed by atoms with Crippen molar-refractivity contribution in [2.24, 2.45) is 16.7 Å². The van der Waals surface area contributed by atoms with E-state index in [0.717, 1.165) is 0 Å². The van der Waals surface area contributed by atoms with E-state index in [1.165, 1.54) is 32.1 Å². The molecular weight excluding hydrogens is 242 g/mol. The molecule has 4 heteroatoms. The highest BCUT2D eigenvalue weighted by atomic mass is 16.4. The molecule has 2 aliphatic carbocycles. The third kappa shape index (κ3) is 2.93. The summed E-state index contributed by atoms with van der Waals surface area (Å²) >= 11 is 0. The van der Waals surface area contributed by atoms with E-state index in [-0.39, 0.29) is 11.3 Å². The van der Waals surface area contributed by atoms with Gasteiger partial charge in [0, 0.05) is 6.54 Å². The lowest BCUT2D eigenvalue weighted by Gasteiger charge is -2.37. The van der Waals surface area contributed by atoms with Crippen LogP contribution in [0.25, 0.3) is 0 Å². The molecule has 0 radical (unpaired) electrons. The second-order valence-corrected chi connectivity index (χ2v) is 6.89. The number of amides is 1. The Morgan fingerprint density at radius 2 is 1.79 bits per heavy atom. The Hall–Kier alpha value is -1.06. The maximum absolute atomic E-state index is 12.0. The second-order valence-electron chi connectivity index (χ2n) is 6.89. The van der Waals surface area contributed by atoms with E-state index < -0.39 is 11.4 Å². The highest BCUT2D eigenvalue weighted by Gasteiger charge is 2.57. The number of carboxylic acid groups (broad SMARTS) is 1. The fourth-order valence-corrected chi connectivity index (χ4v) is 3.17. The molecule has 0 unspecified atom stereocenters. The first-order valence-electron chi connectivity index (χ1n) is 7.40. The number of nitrogens with one attached hydrogen (secondary N) is 1. The molecule has 19 heavy (non-hydrogen) atoms. The van der Waals surface area contributed by atoms with Crippen LogP contribution in [0.2, 0.25) is 0 Å². The third-order valence-electron chi connectivity index (χ3n) is 5.01. The van der Waals surface area contributed by atoms with Gasteiger partial charge in [0.2, 0.25) is 5.91 Å². The van der Waals surface area contributed by atoms with Crippen LogP contribution in [0.15, 0.2) is 0 Å². The average Bonchev–Trinajstić information content (AvgIpc) is 3.18. The van der Waals surface area contributed by atoms with Crippen LogP contribution in [-0.2, 0) is 9.59 Å². The second kappa shape index (κ2) is 5.14. The van der Waals surface area contributed by atoms with Gasteiger partial charge in [-0.05, 0) is 37.0 Å².